The highest BCUT2D eigenvalue weighted by Crippen LogP contribution is 2.19. The summed E-state index contributed by atoms with van der Waals surface area (Å²) in [6, 6.07) is 7.94. The maximum absolute atomic E-state index is 10.9. The van der Waals surface area contributed by atoms with Gasteiger partial charge in [-0.3, -0.25) is 9.69 Å². The molecule has 0 aliphatic heterocycles. The molecule has 0 fully saturated rings. The minimum Gasteiger partial charge on any atom is -0.480 e. The van der Waals surface area contributed by atoms with Gasteiger partial charge in [-0.25, -0.2) is 0 Å². The fourth-order valence-electron chi connectivity index (χ4n) is 1.55. The standard InChI is InChI=1S/C13H18BrNO2/c1-13(2,3)15(9-12(16)17)8-10-5-4-6-11(14)7-10/h4-7H,8-9H2,1-3H3,(H,16,17). The molecule has 0 bridgehead atoms. The van der Waals surface area contributed by atoms with Crippen molar-refractivity contribution in [2.75, 3.05) is 6.54 Å². The average molecular weight is 300 g/mol. The summed E-state index contributed by atoms with van der Waals surface area (Å²) in [6.07, 6.45) is 0. The number of aliphatic carboxylic acids is 1. The maximum atomic E-state index is 10.9. The molecule has 4 heteroatoms. The number of hydrogen-bond acceptors (Lipinski definition) is 2. The maximum Gasteiger partial charge on any atom is 0.317 e. The largest absolute Gasteiger partial charge is 0.480 e. The molecule has 0 saturated heterocycles. The van der Waals surface area contributed by atoms with Gasteiger partial charge < -0.3 is 5.11 Å². The zero-order valence-electron chi connectivity index (χ0n) is 10.4. The Morgan fingerprint density at radius 2 is 2.06 bits per heavy atom. The normalized spacial score (nSPS) is 11.8. The highest BCUT2D eigenvalue weighted by molar-refractivity contribution is 9.10. The van der Waals surface area contributed by atoms with Gasteiger partial charge >= 0.3 is 5.97 Å². The van der Waals surface area contributed by atoms with E-state index in [-0.39, 0.29) is 12.1 Å². The van der Waals surface area contributed by atoms with Gasteiger partial charge in [0.1, 0.15) is 0 Å². The van der Waals surface area contributed by atoms with E-state index in [4.69, 9.17) is 5.11 Å². The zero-order chi connectivity index (χ0) is 13.1. The molecule has 3 nitrogen and oxygen atoms in total. The summed E-state index contributed by atoms with van der Waals surface area (Å²) in [5, 5.41) is 8.93. The summed E-state index contributed by atoms with van der Waals surface area (Å²) in [4.78, 5) is 12.8. The molecule has 0 atom stereocenters. The molecule has 0 spiro atoms. The smallest absolute Gasteiger partial charge is 0.317 e. The van der Waals surface area contributed by atoms with Crippen molar-refractivity contribution in [3.63, 3.8) is 0 Å². The molecule has 94 valence electrons. The van der Waals surface area contributed by atoms with Crippen LogP contribution in [0.4, 0.5) is 0 Å². The molecule has 1 N–H and O–H groups in total. The van der Waals surface area contributed by atoms with Crippen LogP contribution in [0, 0.1) is 0 Å². The van der Waals surface area contributed by atoms with Crippen LogP contribution in [0.2, 0.25) is 0 Å². The molecule has 0 amide bonds. The van der Waals surface area contributed by atoms with Crippen molar-refractivity contribution in [3.8, 4) is 0 Å². The van der Waals surface area contributed by atoms with Crippen LogP contribution in [-0.4, -0.2) is 28.1 Å². The molecular formula is C13H18BrNO2. The number of hydrogen-bond donors (Lipinski definition) is 1. The average Bonchev–Trinajstić information content (AvgIpc) is 2.14. The summed E-state index contributed by atoms with van der Waals surface area (Å²) < 4.78 is 1.01. The second-order valence-corrected chi connectivity index (χ2v) is 5.97. The van der Waals surface area contributed by atoms with Crippen LogP contribution in [0.25, 0.3) is 0 Å². The minimum atomic E-state index is -0.796. The molecule has 0 aliphatic carbocycles. The Morgan fingerprint density at radius 1 is 1.41 bits per heavy atom. The summed E-state index contributed by atoms with van der Waals surface area (Å²) >= 11 is 3.42. The van der Waals surface area contributed by atoms with E-state index in [1.165, 1.54) is 0 Å². The molecule has 0 unspecified atom stereocenters. The number of nitrogens with zero attached hydrogens (tertiary/aromatic N) is 1. The Morgan fingerprint density at radius 3 is 2.53 bits per heavy atom. The van der Waals surface area contributed by atoms with E-state index in [1.807, 2.05) is 49.9 Å². The van der Waals surface area contributed by atoms with E-state index in [0.717, 1.165) is 10.0 Å². The molecule has 0 saturated carbocycles. The van der Waals surface area contributed by atoms with Crippen LogP contribution in [0.15, 0.2) is 28.7 Å². The third-order valence-electron chi connectivity index (χ3n) is 2.54. The first-order chi connectivity index (χ1) is 7.79. The number of carbonyl (C=O) groups is 1. The van der Waals surface area contributed by atoms with Crippen LogP contribution < -0.4 is 0 Å². The summed E-state index contributed by atoms with van der Waals surface area (Å²) in [6.45, 7) is 6.75. The van der Waals surface area contributed by atoms with Crippen molar-refractivity contribution in [3.05, 3.63) is 34.3 Å². The molecule has 1 aromatic carbocycles. The van der Waals surface area contributed by atoms with E-state index in [2.05, 4.69) is 15.9 Å². The van der Waals surface area contributed by atoms with E-state index in [1.54, 1.807) is 0 Å². The van der Waals surface area contributed by atoms with Gasteiger partial charge in [-0.05, 0) is 38.5 Å². The van der Waals surface area contributed by atoms with Gasteiger partial charge in [-0.2, -0.15) is 0 Å². The Kier molecular flexibility index (Phi) is 4.71. The Bertz CT molecular complexity index is 399. The second-order valence-electron chi connectivity index (χ2n) is 5.05. The quantitative estimate of drug-likeness (QED) is 0.928. The van der Waals surface area contributed by atoms with Crippen molar-refractivity contribution in [2.45, 2.75) is 32.9 Å². The summed E-state index contributed by atoms with van der Waals surface area (Å²) in [5.74, 6) is -0.796. The lowest BCUT2D eigenvalue weighted by atomic mass is 10.0. The summed E-state index contributed by atoms with van der Waals surface area (Å²) in [7, 11) is 0. The van der Waals surface area contributed by atoms with Crippen LogP contribution in [0.5, 0.6) is 0 Å². The molecule has 0 aliphatic rings. The van der Waals surface area contributed by atoms with Gasteiger partial charge in [-0.1, -0.05) is 28.1 Å². The molecule has 0 aromatic heterocycles. The molecule has 0 radical (unpaired) electrons. The Hall–Kier alpha value is -0.870. The lowest BCUT2D eigenvalue weighted by molar-refractivity contribution is -0.139. The van der Waals surface area contributed by atoms with Crippen LogP contribution in [0.3, 0.4) is 0 Å². The van der Waals surface area contributed by atoms with Crippen LogP contribution in [0.1, 0.15) is 26.3 Å². The van der Waals surface area contributed by atoms with Gasteiger partial charge in [0, 0.05) is 16.6 Å². The number of carboxylic acids is 1. The van der Waals surface area contributed by atoms with Crippen molar-refractivity contribution in [1.29, 1.82) is 0 Å². The van der Waals surface area contributed by atoms with Crippen molar-refractivity contribution in [2.24, 2.45) is 0 Å². The second kappa shape index (κ2) is 5.65. The van der Waals surface area contributed by atoms with E-state index in [0.29, 0.717) is 6.54 Å². The summed E-state index contributed by atoms with van der Waals surface area (Å²) in [5.41, 5.74) is 0.941. The topological polar surface area (TPSA) is 40.5 Å². The monoisotopic (exact) mass is 299 g/mol. The van der Waals surface area contributed by atoms with E-state index in [9.17, 15) is 4.79 Å². The van der Waals surface area contributed by atoms with Crippen molar-refractivity contribution >= 4 is 21.9 Å². The third kappa shape index (κ3) is 4.88. The lowest BCUT2D eigenvalue weighted by Gasteiger charge is -2.34. The van der Waals surface area contributed by atoms with Crippen molar-refractivity contribution in [1.82, 2.24) is 4.90 Å². The SMILES string of the molecule is CC(C)(C)N(CC(=O)O)Cc1cccc(Br)c1. The van der Waals surface area contributed by atoms with E-state index >= 15 is 0 Å². The van der Waals surface area contributed by atoms with Crippen molar-refractivity contribution < 1.29 is 9.90 Å². The van der Waals surface area contributed by atoms with E-state index < -0.39 is 5.97 Å². The highest BCUT2D eigenvalue weighted by Gasteiger charge is 2.23. The predicted molar refractivity (Wildman–Crippen MR) is 71.9 cm³/mol. The van der Waals surface area contributed by atoms with Gasteiger partial charge in [0.15, 0.2) is 0 Å². The number of benzene rings is 1. The highest BCUT2D eigenvalue weighted by atomic mass is 79.9. The first-order valence-electron chi connectivity index (χ1n) is 5.50. The number of carboxylic acid groups (broad SMARTS) is 1. The predicted octanol–water partition coefficient (Wildman–Crippen LogP) is 3.13. The molecule has 0 heterocycles. The number of halogens is 1. The molecule has 1 aromatic rings. The minimum absolute atomic E-state index is 0.0516. The fourth-order valence-corrected chi connectivity index (χ4v) is 2.00. The third-order valence-corrected chi connectivity index (χ3v) is 3.03. The first-order valence-corrected chi connectivity index (χ1v) is 6.29. The Labute approximate surface area is 111 Å². The van der Waals surface area contributed by atoms with Crippen LogP contribution in [-0.2, 0) is 11.3 Å². The molecular weight excluding hydrogens is 282 g/mol. The lowest BCUT2D eigenvalue weighted by Crippen LogP contribution is -2.43. The van der Waals surface area contributed by atoms with Gasteiger partial charge in [0.2, 0.25) is 0 Å². The Balaban J connectivity index is 2.83. The first kappa shape index (κ1) is 14.2. The van der Waals surface area contributed by atoms with Gasteiger partial charge in [-0.15, -0.1) is 0 Å². The van der Waals surface area contributed by atoms with Gasteiger partial charge in [0.25, 0.3) is 0 Å². The van der Waals surface area contributed by atoms with Gasteiger partial charge in [0.05, 0.1) is 6.54 Å². The molecule has 1 rings (SSSR count). The molecule has 17 heavy (non-hydrogen) atoms. The fraction of sp³-hybridized carbons (Fsp3) is 0.462. The number of rotatable bonds is 4. The zero-order valence-corrected chi connectivity index (χ0v) is 12.0. The van der Waals surface area contributed by atoms with Crippen LogP contribution >= 0.6 is 15.9 Å².